The van der Waals surface area contributed by atoms with Gasteiger partial charge in [-0.2, -0.15) is 5.10 Å². The van der Waals surface area contributed by atoms with Gasteiger partial charge in [-0.05, 0) is 6.07 Å². The Morgan fingerprint density at radius 3 is 3.13 bits per heavy atom. The first kappa shape index (κ1) is 9.45. The van der Waals surface area contributed by atoms with Crippen molar-refractivity contribution in [3.05, 3.63) is 24.5 Å². The van der Waals surface area contributed by atoms with E-state index >= 15 is 0 Å². The van der Waals surface area contributed by atoms with Crippen LogP contribution in [0.25, 0.3) is 5.65 Å². The highest BCUT2D eigenvalue weighted by atomic mass is 16.4. The summed E-state index contributed by atoms with van der Waals surface area (Å²) >= 11 is 0. The number of nitrogens with zero attached hydrogens (tertiary/aromatic N) is 4. The van der Waals surface area contributed by atoms with Crippen molar-refractivity contribution >= 4 is 17.4 Å². The number of anilines is 1. The van der Waals surface area contributed by atoms with Gasteiger partial charge >= 0.3 is 5.97 Å². The van der Waals surface area contributed by atoms with Crippen LogP contribution in [0.1, 0.15) is 0 Å². The van der Waals surface area contributed by atoms with Gasteiger partial charge in [0, 0.05) is 19.3 Å². The normalized spacial score (nSPS) is 10.5. The third-order valence-corrected chi connectivity index (χ3v) is 2.01. The van der Waals surface area contributed by atoms with Crippen molar-refractivity contribution in [3.63, 3.8) is 0 Å². The monoisotopic (exact) mass is 206 g/mol. The van der Waals surface area contributed by atoms with Crippen LogP contribution in [0.4, 0.5) is 5.82 Å². The molecule has 2 heterocycles. The number of fused-ring (bicyclic) bond motifs is 1. The van der Waals surface area contributed by atoms with E-state index in [0.717, 1.165) is 0 Å². The molecule has 0 saturated carbocycles. The van der Waals surface area contributed by atoms with E-state index in [1.165, 1.54) is 0 Å². The molecule has 0 spiro atoms. The number of rotatable bonds is 3. The van der Waals surface area contributed by atoms with Gasteiger partial charge in [0.1, 0.15) is 12.4 Å². The summed E-state index contributed by atoms with van der Waals surface area (Å²) in [6.07, 6.45) is 3.39. The third kappa shape index (κ3) is 1.88. The van der Waals surface area contributed by atoms with E-state index in [1.807, 2.05) is 0 Å². The van der Waals surface area contributed by atoms with Crippen LogP contribution in [0.5, 0.6) is 0 Å². The Morgan fingerprint density at radius 2 is 2.40 bits per heavy atom. The molecule has 0 saturated heterocycles. The molecular formula is C9H10N4O2. The predicted octanol–water partition coefficient (Wildman–Crippen LogP) is 0.250. The van der Waals surface area contributed by atoms with Crippen LogP contribution in [0.2, 0.25) is 0 Å². The molecule has 0 aromatic carbocycles. The molecule has 0 radical (unpaired) electrons. The number of likely N-dealkylation sites (N-methyl/N-ethyl adjacent to an activating group) is 1. The third-order valence-electron chi connectivity index (χ3n) is 2.01. The Bertz CT molecular complexity index is 494. The lowest BCUT2D eigenvalue weighted by molar-refractivity contribution is -0.135. The molecule has 1 N–H and O–H groups in total. The molecule has 6 nitrogen and oxygen atoms in total. The predicted molar refractivity (Wildman–Crippen MR) is 53.9 cm³/mol. The molecule has 0 unspecified atom stereocenters. The quantitative estimate of drug-likeness (QED) is 0.779. The van der Waals surface area contributed by atoms with Crippen LogP contribution in [-0.4, -0.2) is 39.3 Å². The largest absolute Gasteiger partial charge is 0.480 e. The van der Waals surface area contributed by atoms with E-state index in [0.29, 0.717) is 11.5 Å². The summed E-state index contributed by atoms with van der Waals surface area (Å²) in [6.45, 7) is -0.0721. The highest BCUT2D eigenvalue weighted by Gasteiger charge is 2.07. The minimum absolute atomic E-state index is 0.0721. The number of hydrogen-bond acceptors (Lipinski definition) is 4. The summed E-state index contributed by atoms with van der Waals surface area (Å²) < 4.78 is 1.62. The maximum atomic E-state index is 10.5. The molecule has 2 rings (SSSR count). The van der Waals surface area contributed by atoms with Gasteiger partial charge in [-0.1, -0.05) is 0 Å². The van der Waals surface area contributed by atoms with Crippen LogP contribution in [0, 0.1) is 0 Å². The molecule has 0 fully saturated rings. The van der Waals surface area contributed by atoms with E-state index in [2.05, 4.69) is 10.1 Å². The second kappa shape index (κ2) is 3.56. The van der Waals surface area contributed by atoms with Gasteiger partial charge in [0.2, 0.25) is 0 Å². The lowest BCUT2D eigenvalue weighted by Gasteiger charge is -2.14. The number of carboxylic acid groups (broad SMARTS) is 1. The molecule has 2 aromatic rings. The van der Waals surface area contributed by atoms with Crippen molar-refractivity contribution in [1.29, 1.82) is 0 Å². The molecular weight excluding hydrogens is 196 g/mol. The molecule has 0 bridgehead atoms. The van der Waals surface area contributed by atoms with Gasteiger partial charge in [0.15, 0.2) is 5.65 Å². The van der Waals surface area contributed by atoms with Gasteiger partial charge in [-0.25, -0.2) is 9.50 Å². The van der Waals surface area contributed by atoms with Crippen LogP contribution < -0.4 is 4.90 Å². The Morgan fingerprint density at radius 1 is 1.60 bits per heavy atom. The van der Waals surface area contributed by atoms with Crippen molar-refractivity contribution in [2.24, 2.45) is 0 Å². The van der Waals surface area contributed by atoms with Gasteiger partial charge in [-0.15, -0.1) is 0 Å². The lowest BCUT2D eigenvalue weighted by Crippen LogP contribution is -2.26. The number of carbonyl (C=O) groups is 1. The average Bonchev–Trinajstić information content (AvgIpc) is 2.62. The van der Waals surface area contributed by atoms with E-state index in [1.54, 1.807) is 41.0 Å². The van der Waals surface area contributed by atoms with Crippen molar-refractivity contribution in [3.8, 4) is 0 Å². The maximum Gasteiger partial charge on any atom is 0.323 e. The molecule has 0 aliphatic carbocycles. The molecule has 6 heteroatoms. The minimum Gasteiger partial charge on any atom is -0.480 e. The Hall–Kier alpha value is -2.11. The van der Waals surface area contributed by atoms with E-state index < -0.39 is 5.97 Å². The average molecular weight is 206 g/mol. The first-order chi connectivity index (χ1) is 7.16. The fraction of sp³-hybridized carbons (Fsp3) is 0.222. The van der Waals surface area contributed by atoms with Crippen LogP contribution in [0.3, 0.4) is 0 Å². The summed E-state index contributed by atoms with van der Waals surface area (Å²) in [7, 11) is 1.68. The van der Waals surface area contributed by atoms with Crippen molar-refractivity contribution in [2.45, 2.75) is 0 Å². The van der Waals surface area contributed by atoms with Crippen molar-refractivity contribution in [1.82, 2.24) is 14.6 Å². The smallest absolute Gasteiger partial charge is 0.323 e. The number of aromatic nitrogens is 3. The number of hydrogen-bond donors (Lipinski definition) is 1. The molecule has 0 aliphatic heterocycles. The van der Waals surface area contributed by atoms with Gasteiger partial charge in [-0.3, -0.25) is 4.79 Å². The fourth-order valence-corrected chi connectivity index (χ4v) is 1.30. The highest BCUT2D eigenvalue weighted by Crippen LogP contribution is 2.09. The zero-order valence-electron chi connectivity index (χ0n) is 8.16. The summed E-state index contributed by atoms with van der Waals surface area (Å²) in [6, 6.07) is 3.49. The first-order valence-corrected chi connectivity index (χ1v) is 4.40. The lowest BCUT2D eigenvalue weighted by atomic mass is 10.5. The number of carboxylic acids is 1. The van der Waals surface area contributed by atoms with Crippen molar-refractivity contribution in [2.75, 3.05) is 18.5 Å². The second-order valence-corrected chi connectivity index (χ2v) is 3.17. The second-order valence-electron chi connectivity index (χ2n) is 3.17. The minimum atomic E-state index is -0.882. The Labute approximate surface area is 85.8 Å². The highest BCUT2D eigenvalue weighted by molar-refractivity contribution is 5.73. The molecule has 0 atom stereocenters. The van der Waals surface area contributed by atoms with Crippen LogP contribution in [-0.2, 0) is 4.79 Å². The standard InChI is InChI=1S/C9H10N4O2/c1-12(6-9(14)15)7-3-5-13-8(11-7)2-4-10-13/h2-5H,6H2,1H3,(H,14,15). The van der Waals surface area contributed by atoms with E-state index in [-0.39, 0.29) is 6.54 Å². The maximum absolute atomic E-state index is 10.5. The zero-order chi connectivity index (χ0) is 10.8. The van der Waals surface area contributed by atoms with Gasteiger partial charge in [0.25, 0.3) is 0 Å². The van der Waals surface area contributed by atoms with Crippen molar-refractivity contribution < 1.29 is 9.90 Å². The zero-order valence-corrected chi connectivity index (χ0v) is 8.16. The first-order valence-electron chi connectivity index (χ1n) is 4.40. The van der Waals surface area contributed by atoms with E-state index in [9.17, 15) is 4.79 Å². The molecule has 2 aromatic heterocycles. The molecule has 0 amide bonds. The van der Waals surface area contributed by atoms with Crippen LogP contribution in [0.15, 0.2) is 24.5 Å². The van der Waals surface area contributed by atoms with Crippen LogP contribution >= 0.6 is 0 Å². The molecule has 15 heavy (non-hydrogen) atoms. The summed E-state index contributed by atoms with van der Waals surface area (Å²) in [5.74, 6) is -0.266. The number of aliphatic carboxylic acids is 1. The SMILES string of the molecule is CN(CC(=O)O)c1ccn2nccc2n1. The fourth-order valence-electron chi connectivity index (χ4n) is 1.30. The van der Waals surface area contributed by atoms with Gasteiger partial charge < -0.3 is 10.0 Å². The molecule has 0 aliphatic rings. The summed E-state index contributed by atoms with van der Waals surface area (Å²) in [5, 5.41) is 12.6. The summed E-state index contributed by atoms with van der Waals surface area (Å²) in [4.78, 5) is 16.3. The topological polar surface area (TPSA) is 70.7 Å². The Kier molecular flexibility index (Phi) is 2.24. The van der Waals surface area contributed by atoms with Gasteiger partial charge in [0.05, 0.1) is 6.20 Å². The molecule has 78 valence electrons. The van der Waals surface area contributed by atoms with E-state index in [4.69, 9.17) is 5.11 Å². The summed E-state index contributed by atoms with van der Waals surface area (Å²) in [5.41, 5.74) is 0.699. The Balaban J connectivity index is 2.30.